The van der Waals surface area contributed by atoms with Gasteiger partial charge in [0.05, 0.1) is 12.2 Å². The fourth-order valence-corrected chi connectivity index (χ4v) is 1.87. The highest BCUT2D eigenvalue weighted by molar-refractivity contribution is 5.77. The lowest BCUT2D eigenvalue weighted by Gasteiger charge is -2.10. The monoisotopic (exact) mass is 319 g/mol. The van der Waals surface area contributed by atoms with Crippen LogP contribution in [0, 0.1) is 0 Å². The minimum Gasteiger partial charge on any atom is -0.484 e. The molecule has 0 radical (unpaired) electrons. The van der Waals surface area contributed by atoms with Gasteiger partial charge in [0.15, 0.2) is 12.7 Å². The molecule has 0 spiro atoms. The molecule has 3 rings (SSSR count). The summed E-state index contributed by atoms with van der Waals surface area (Å²) in [6.07, 6.45) is 0.299. The zero-order chi connectivity index (χ0) is 16.1. The lowest BCUT2D eigenvalue weighted by atomic mass is 10.3. The van der Waals surface area contributed by atoms with Crippen LogP contribution in [0.5, 0.6) is 5.75 Å². The van der Waals surface area contributed by atoms with Crippen LogP contribution in [0.4, 0.5) is 4.79 Å². The van der Waals surface area contributed by atoms with Gasteiger partial charge in [-0.15, -0.1) is 5.10 Å². The number of ether oxygens (including phenoxy) is 3. The van der Waals surface area contributed by atoms with E-state index in [1.807, 2.05) is 0 Å². The highest BCUT2D eigenvalue weighted by atomic mass is 16.8. The molecular weight excluding hydrogens is 306 g/mol. The summed E-state index contributed by atoms with van der Waals surface area (Å²) in [5.74, 6) is 0.213. The number of amides is 1. The molecule has 1 aromatic heterocycles. The Morgan fingerprint density at radius 2 is 2.22 bits per heavy atom. The molecule has 1 fully saturated rings. The number of aromatic nitrogens is 4. The number of rotatable bonds is 6. The van der Waals surface area contributed by atoms with Crippen molar-refractivity contribution in [2.75, 3.05) is 19.8 Å². The average molecular weight is 319 g/mol. The standard InChI is InChI=1S/C13H13N5O5/c19-12(14-5-11-6-22-13(20)23-11)7-21-10-3-1-9(2-4-10)18-8-15-16-17-18/h1-4,8,11H,5-7H2,(H,14,19)/t11-/m1/s1. The van der Waals surface area contributed by atoms with Crippen LogP contribution in [-0.2, 0) is 14.3 Å². The van der Waals surface area contributed by atoms with E-state index in [4.69, 9.17) is 9.47 Å². The van der Waals surface area contributed by atoms with E-state index < -0.39 is 12.3 Å². The third kappa shape index (κ3) is 3.93. The number of benzene rings is 1. The van der Waals surface area contributed by atoms with Gasteiger partial charge in [-0.3, -0.25) is 4.79 Å². The first kappa shape index (κ1) is 14.8. The molecule has 1 aromatic carbocycles. The summed E-state index contributed by atoms with van der Waals surface area (Å²) in [5, 5.41) is 13.5. The second-order valence-corrected chi connectivity index (χ2v) is 4.64. The van der Waals surface area contributed by atoms with Crippen molar-refractivity contribution in [2.24, 2.45) is 0 Å². The minimum absolute atomic E-state index is 0.137. The Balaban J connectivity index is 1.43. The molecule has 120 valence electrons. The van der Waals surface area contributed by atoms with Gasteiger partial charge in [-0.1, -0.05) is 0 Å². The number of hydrogen-bond acceptors (Lipinski definition) is 8. The summed E-state index contributed by atoms with van der Waals surface area (Å²) in [4.78, 5) is 22.4. The van der Waals surface area contributed by atoms with E-state index in [1.54, 1.807) is 24.3 Å². The van der Waals surface area contributed by atoms with Crippen molar-refractivity contribution in [3.05, 3.63) is 30.6 Å². The van der Waals surface area contributed by atoms with Crippen molar-refractivity contribution in [3.63, 3.8) is 0 Å². The summed E-state index contributed by atoms with van der Waals surface area (Å²) in [7, 11) is 0. The van der Waals surface area contributed by atoms with Crippen molar-refractivity contribution >= 4 is 12.1 Å². The molecule has 0 unspecified atom stereocenters. The van der Waals surface area contributed by atoms with E-state index in [9.17, 15) is 9.59 Å². The van der Waals surface area contributed by atoms with Gasteiger partial charge in [-0.05, 0) is 34.7 Å². The molecular formula is C13H13N5O5. The molecule has 1 amide bonds. The number of carbonyl (C=O) groups excluding carboxylic acids is 2. The average Bonchev–Trinajstić information content (AvgIpc) is 3.23. The molecule has 2 aromatic rings. The largest absolute Gasteiger partial charge is 0.508 e. The maximum atomic E-state index is 11.7. The normalized spacial score (nSPS) is 16.5. The Kier molecular flexibility index (Phi) is 4.32. The number of nitrogens with one attached hydrogen (secondary N) is 1. The van der Waals surface area contributed by atoms with Crippen LogP contribution in [0.1, 0.15) is 0 Å². The smallest absolute Gasteiger partial charge is 0.484 e. The highest BCUT2D eigenvalue weighted by Gasteiger charge is 2.25. The van der Waals surface area contributed by atoms with Gasteiger partial charge in [-0.2, -0.15) is 0 Å². The molecule has 10 heteroatoms. The molecule has 10 nitrogen and oxygen atoms in total. The molecule has 0 bridgehead atoms. The first-order chi connectivity index (χ1) is 11.2. The number of hydrogen-bond donors (Lipinski definition) is 1. The van der Waals surface area contributed by atoms with Gasteiger partial charge in [-0.25, -0.2) is 9.48 Å². The van der Waals surface area contributed by atoms with Crippen LogP contribution in [0.25, 0.3) is 5.69 Å². The summed E-state index contributed by atoms with van der Waals surface area (Å²) >= 11 is 0. The fraction of sp³-hybridized carbons (Fsp3) is 0.308. The van der Waals surface area contributed by atoms with E-state index >= 15 is 0 Å². The van der Waals surface area contributed by atoms with Gasteiger partial charge < -0.3 is 19.5 Å². The minimum atomic E-state index is -0.719. The van der Waals surface area contributed by atoms with Gasteiger partial charge in [0.25, 0.3) is 5.91 Å². The van der Waals surface area contributed by atoms with Crippen molar-refractivity contribution in [1.29, 1.82) is 0 Å². The second-order valence-electron chi connectivity index (χ2n) is 4.64. The summed E-state index contributed by atoms with van der Waals surface area (Å²) in [6.45, 7) is 0.177. The Labute approximate surface area is 130 Å². The third-order valence-electron chi connectivity index (χ3n) is 3.00. The van der Waals surface area contributed by atoms with E-state index in [0.29, 0.717) is 5.75 Å². The van der Waals surface area contributed by atoms with E-state index in [0.717, 1.165) is 5.69 Å². The number of carbonyl (C=O) groups is 2. The predicted octanol–water partition coefficient (Wildman–Crippen LogP) is -0.307. The van der Waals surface area contributed by atoms with Crippen LogP contribution in [0.15, 0.2) is 30.6 Å². The van der Waals surface area contributed by atoms with Crippen LogP contribution < -0.4 is 10.1 Å². The first-order valence-electron chi connectivity index (χ1n) is 6.77. The summed E-state index contributed by atoms with van der Waals surface area (Å²) < 4.78 is 16.3. The summed E-state index contributed by atoms with van der Waals surface area (Å²) in [6, 6.07) is 6.94. The van der Waals surface area contributed by atoms with Gasteiger partial charge in [0, 0.05) is 0 Å². The zero-order valence-corrected chi connectivity index (χ0v) is 11.9. The first-order valence-corrected chi connectivity index (χ1v) is 6.77. The van der Waals surface area contributed by atoms with Crippen molar-refractivity contribution < 1.29 is 23.8 Å². The topological polar surface area (TPSA) is 117 Å². The molecule has 1 N–H and O–H groups in total. The van der Waals surface area contributed by atoms with E-state index in [1.165, 1.54) is 11.0 Å². The molecule has 1 aliphatic rings. The van der Waals surface area contributed by atoms with E-state index in [-0.39, 0.29) is 25.7 Å². The molecule has 23 heavy (non-hydrogen) atoms. The van der Waals surface area contributed by atoms with Crippen LogP contribution in [-0.4, -0.2) is 58.1 Å². The number of nitrogens with zero attached hydrogens (tertiary/aromatic N) is 4. The molecule has 1 saturated heterocycles. The van der Waals surface area contributed by atoms with Crippen LogP contribution in [0.2, 0.25) is 0 Å². The fourth-order valence-electron chi connectivity index (χ4n) is 1.87. The van der Waals surface area contributed by atoms with Crippen molar-refractivity contribution in [3.8, 4) is 11.4 Å². The SMILES string of the molecule is O=C(COc1ccc(-n2cnnn2)cc1)NC[C@@H]1COC(=O)O1. The van der Waals surface area contributed by atoms with Gasteiger partial charge >= 0.3 is 6.16 Å². The van der Waals surface area contributed by atoms with E-state index in [2.05, 4.69) is 25.6 Å². The zero-order valence-electron chi connectivity index (χ0n) is 11.9. The Hall–Kier alpha value is -3.17. The molecule has 1 atom stereocenters. The van der Waals surface area contributed by atoms with Crippen molar-refractivity contribution in [1.82, 2.24) is 25.5 Å². The lowest BCUT2D eigenvalue weighted by Crippen LogP contribution is -2.36. The van der Waals surface area contributed by atoms with Crippen LogP contribution in [0.3, 0.4) is 0 Å². The predicted molar refractivity (Wildman–Crippen MR) is 73.9 cm³/mol. The van der Waals surface area contributed by atoms with Crippen molar-refractivity contribution in [2.45, 2.75) is 6.10 Å². The third-order valence-corrected chi connectivity index (χ3v) is 3.00. The lowest BCUT2D eigenvalue weighted by molar-refractivity contribution is -0.123. The maximum Gasteiger partial charge on any atom is 0.508 e. The van der Waals surface area contributed by atoms with Gasteiger partial charge in [0.2, 0.25) is 0 Å². The number of tetrazole rings is 1. The second kappa shape index (κ2) is 6.73. The molecule has 2 heterocycles. The molecule has 0 aliphatic carbocycles. The summed E-state index contributed by atoms with van der Waals surface area (Å²) in [5.41, 5.74) is 0.773. The Morgan fingerprint density at radius 1 is 1.39 bits per heavy atom. The highest BCUT2D eigenvalue weighted by Crippen LogP contribution is 2.14. The number of cyclic esters (lactones) is 2. The molecule has 1 aliphatic heterocycles. The Bertz CT molecular complexity index is 673. The Morgan fingerprint density at radius 3 is 2.87 bits per heavy atom. The molecule has 0 saturated carbocycles. The van der Waals surface area contributed by atoms with Crippen LogP contribution >= 0.6 is 0 Å². The maximum absolute atomic E-state index is 11.7. The van der Waals surface area contributed by atoms with Gasteiger partial charge in [0.1, 0.15) is 18.7 Å². The quantitative estimate of drug-likeness (QED) is 0.721.